The monoisotopic (exact) mass is 262 g/mol. The maximum absolute atomic E-state index is 5.21. The van der Waals surface area contributed by atoms with E-state index in [4.69, 9.17) is 4.74 Å². The van der Waals surface area contributed by atoms with Crippen LogP contribution in [0.1, 0.15) is 30.9 Å². The molecule has 0 bridgehead atoms. The van der Waals surface area contributed by atoms with E-state index in [1.165, 1.54) is 30.5 Å². The molecule has 19 heavy (non-hydrogen) atoms. The highest BCUT2D eigenvalue weighted by atomic mass is 16.5. The standard InChI is InChI=1S/C16H26N2O/c1-3-18(16-8-5-9-17-11-16)12-14-6-4-7-15(10-14)13-19-2/h4,6-7,10,16-17H,3,5,8-9,11-13H2,1-2H3. The summed E-state index contributed by atoms with van der Waals surface area (Å²) in [5.74, 6) is 0. The minimum absolute atomic E-state index is 0.685. The molecule has 1 aromatic rings. The number of hydrogen-bond acceptors (Lipinski definition) is 3. The van der Waals surface area contributed by atoms with Gasteiger partial charge < -0.3 is 10.1 Å². The fraction of sp³-hybridized carbons (Fsp3) is 0.625. The summed E-state index contributed by atoms with van der Waals surface area (Å²) in [4.78, 5) is 2.58. The summed E-state index contributed by atoms with van der Waals surface area (Å²) in [6.45, 7) is 7.42. The molecular weight excluding hydrogens is 236 g/mol. The SMILES string of the molecule is CCN(Cc1cccc(COC)c1)C1CCCNC1. The van der Waals surface area contributed by atoms with Gasteiger partial charge in [0.05, 0.1) is 6.61 Å². The van der Waals surface area contributed by atoms with Crippen LogP contribution in [-0.2, 0) is 17.9 Å². The molecule has 1 fully saturated rings. The zero-order valence-corrected chi connectivity index (χ0v) is 12.2. The molecule has 1 unspecified atom stereocenters. The van der Waals surface area contributed by atoms with E-state index in [0.29, 0.717) is 12.6 Å². The second-order valence-electron chi connectivity index (χ2n) is 5.32. The Morgan fingerprint density at radius 3 is 2.89 bits per heavy atom. The van der Waals surface area contributed by atoms with Gasteiger partial charge >= 0.3 is 0 Å². The summed E-state index contributed by atoms with van der Waals surface area (Å²) in [6.07, 6.45) is 2.61. The van der Waals surface area contributed by atoms with E-state index in [9.17, 15) is 0 Å². The first kappa shape index (κ1) is 14.5. The van der Waals surface area contributed by atoms with Crippen LogP contribution in [0.2, 0.25) is 0 Å². The van der Waals surface area contributed by atoms with Crippen molar-refractivity contribution in [3.8, 4) is 0 Å². The highest BCUT2D eigenvalue weighted by molar-refractivity contribution is 5.23. The first-order valence-corrected chi connectivity index (χ1v) is 7.35. The van der Waals surface area contributed by atoms with Crippen LogP contribution >= 0.6 is 0 Å². The largest absolute Gasteiger partial charge is 0.380 e. The Morgan fingerprint density at radius 1 is 1.37 bits per heavy atom. The number of methoxy groups -OCH3 is 1. The molecule has 0 radical (unpaired) electrons. The molecule has 1 saturated heterocycles. The number of rotatable bonds is 6. The summed E-state index contributed by atoms with van der Waals surface area (Å²) >= 11 is 0. The van der Waals surface area contributed by atoms with Gasteiger partial charge in [0.1, 0.15) is 0 Å². The third-order valence-corrected chi connectivity index (χ3v) is 3.88. The first-order chi connectivity index (χ1) is 9.33. The molecule has 3 nitrogen and oxygen atoms in total. The van der Waals surface area contributed by atoms with Crippen molar-refractivity contribution in [2.24, 2.45) is 0 Å². The number of benzene rings is 1. The Bertz CT molecular complexity index is 375. The predicted octanol–water partition coefficient (Wildman–Crippen LogP) is 2.41. The minimum Gasteiger partial charge on any atom is -0.380 e. The Labute approximate surface area is 116 Å². The fourth-order valence-electron chi connectivity index (χ4n) is 2.86. The van der Waals surface area contributed by atoms with Crippen molar-refractivity contribution in [1.29, 1.82) is 0 Å². The van der Waals surface area contributed by atoms with Crippen molar-refractivity contribution < 1.29 is 4.74 Å². The lowest BCUT2D eigenvalue weighted by atomic mass is 10.0. The van der Waals surface area contributed by atoms with Crippen molar-refractivity contribution in [3.63, 3.8) is 0 Å². The maximum atomic E-state index is 5.21. The van der Waals surface area contributed by atoms with Crippen LogP contribution in [0.15, 0.2) is 24.3 Å². The normalized spacial score (nSPS) is 19.8. The summed E-state index contributed by atoms with van der Waals surface area (Å²) < 4.78 is 5.21. The number of hydrogen-bond donors (Lipinski definition) is 1. The van der Waals surface area contributed by atoms with Crippen LogP contribution in [-0.4, -0.2) is 37.7 Å². The third-order valence-electron chi connectivity index (χ3n) is 3.88. The van der Waals surface area contributed by atoms with Crippen molar-refractivity contribution in [2.45, 2.75) is 39.0 Å². The summed E-state index contributed by atoms with van der Waals surface area (Å²) in [5, 5.41) is 3.51. The van der Waals surface area contributed by atoms with Crippen LogP contribution in [0.5, 0.6) is 0 Å². The Kier molecular flexibility index (Phi) is 5.83. The number of ether oxygens (including phenoxy) is 1. The molecule has 3 heteroatoms. The molecule has 0 aliphatic carbocycles. The second kappa shape index (κ2) is 7.63. The van der Waals surface area contributed by atoms with Crippen molar-refractivity contribution in [2.75, 3.05) is 26.7 Å². The molecule has 0 spiro atoms. The molecule has 1 aliphatic heterocycles. The number of nitrogens with zero attached hydrogens (tertiary/aromatic N) is 1. The van der Waals surface area contributed by atoms with E-state index >= 15 is 0 Å². The molecule has 1 N–H and O–H groups in total. The van der Waals surface area contributed by atoms with Gasteiger partial charge in [-0.05, 0) is 37.1 Å². The lowest BCUT2D eigenvalue weighted by Crippen LogP contribution is -2.45. The summed E-state index contributed by atoms with van der Waals surface area (Å²) in [7, 11) is 1.75. The lowest BCUT2D eigenvalue weighted by molar-refractivity contribution is 0.165. The lowest BCUT2D eigenvalue weighted by Gasteiger charge is -2.34. The van der Waals surface area contributed by atoms with Gasteiger partial charge in [-0.25, -0.2) is 0 Å². The Morgan fingerprint density at radius 2 is 2.21 bits per heavy atom. The summed E-state index contributed by atoms with van der Waals surface area (Å²) in [5.41, 5.74) is 2.65. The topological polar surface area (TPSA) is 24.5 Å². The van der Waals surface area contributed by atoms with Crippen LogP contribution in [0.3, 0.4) is 0 Å². The molecule has 1 aromatic carbocycles. The highest BCUT2D eigenvalue weighted by Crippen LogP contribution is 2.15. The molecular formula is C16H26N2O. The zero-order chi connectivity index (χ0) is 13.5. The molecule has 106 valence electrons. The molecule has 1 atom stereocenters. The smallest absolute Gasteiger partial charge is 0.0713 e. The maximum Gasteiger partial charge on any atom is 0.0713 e. The van der Waals surface area contributed by atoms with Gasteiger partial charge in [-0.1, -0.05) is 31.2 Å². The van der Waals surface area contributed by atoms with Gasteiger partial charge in [-0.3, -0.25) is 4.90 Å². The van der Waals surface area contributed by atoms with E-state index < -0.39 is 0 Å². The quantitative estimate of drug-likeness (QED) is 0.852. The van der Waals surface area contributed by atoms with Crippen molar-refractivity contribution >= 4 is 0 Å². The van der Waals surface area contributed by atoms with Crippen LogP contribution in [0.4, 0.5) is 0 Å². The van der Waals surface area contributed by atoms with Gasteiger partial charge in [0.15, 0.2) is 0 Å². The molecule has 2 rings (SSSR count). The van der Waals surface area contributed by atoms with Crippen molar-refractivity contribution in [1.82, 2.24) is 10.2 Å². The van der Waals surface area contributed by atoms with Gasteiger partial charge in [0.2, 0.25) is 0 Å². The van der Waals surface area contributed by atoms with Crippen LogP contribution in [0, 0.1) is 0 Å². The van der Waals surface area contributed by atoms with E-state index in [2.05, 4.69) is 41.4 Å². The van der Waals surface area contributed by atoms with E-state index in [0.717, 1.165) is 19.6 Å². The van der Waals surface area contributed by atoms with Gasteiger partial charge in [-0.2, -0.15) is 0 Å². The van der Waals surface area contributed by atoms with Gasteiger partial charge in [0.25, 0.3) is 0 Å². The zero-order valence-electron chi connectivity index (χ0n) is 12.2. The minimum atomic E-state index is 0.685. The summed E-state index contributed by atoms with van der Waals surface area (Å²) in [6, 6.07) is 9.44. The molecule has 1 heterocycles. The number of piperidine rings is 1. The number of likely N-dealkylation sites (N-methyl/N-ethyl adjacent to an activating group) is 1. The van der Waals surface area contributed by atoms with E-state index in [1.807, 2.05) is 0 Å². The number of nitrogens with one attached hydrogen (secondary N) is 1. The molecule has 1 aliphatic rings. The van der Waals surface area contributed by atoms with Crippen LogP contribution < -0.4 is 5.32 Å². The van der Waals surface area contributed by atoms with Crippen LogP contribution in [0.25, 0.3) is 0 Å². The molecule has 0 saturated carbocycles. The third kappa shape index (κ3) is 4.30. The first-order valence-electron chi connectivity index (χ1n) is 7.35. The van der Waals surface area contributed by atoms with Gasteiger partial charge in [-0.15, -0.1) is 0 Å². The van der Waals surface area contributed by atoms with E-state index in [1.54, 1.807) is 7.11 Å². The molecule has 0 aromatic heterocycles. The average molecular weight is 262 g/mol. The average Bonchev–Trinajstić information content (AvgIpc) is 2.46. The Balaban J connectivity index is 1.98. The van der Waals surface area contributed by atoms with E-state index in [-0.39, 0.29) is 0 Å². The fourth-order valence-corrected chi connectivity index (χ4v) is 2.86. The second-order valence-corrected chi connectivity index (χ2v) is 5.32. The Hall–Kier alpha value is -0.900. The highest BCUT2D eigenvalue weighted by Gasteiger charge is 2.19. The van der Waals surface area contributed by atoms with Crippen molar-refractivity contribution in [3.05, 3.63) is 35.4 Å². The molecule has 0 amide bonds. The predicted molar refractivity (Wildman–Crippen MR) is 79.1 cm³/mol. The van der Waals surface area contributed by atoms with Gasteiger partial charge in [0, 0.05) is 26.2 Å².